The van der Waals surface area contributed by atoms with E-state index in [-0.39, 0.29) is 24.8 Å². The van der Waals surface area contributed by atoms with Gasteiger partial charge in [-0.1, -0.05) is 76.6 Å². The van der Waals surface area contributed by atoms with E-state index in [1.54, 1.807) is 6.92 Å². The smallest absolute Gasteiger partial charge is 0.290 e. The molecule has 4 atom stereocenters. The monoisotopic (exact) mass is 595 g/mol. The van der Waals surface area contributed by atoms with Gasteiger partial charge in [0.05, 0.1) is 25.8 Å². The van der Waals surface area contributed by atoms with E-state index in [2.05, 4.69) is 16.0 Å². The van der Waals surface area contributed by atoms with Gasteiger partial charge in [0, 0.05) is 19.5 Å². The quantitative estimate of drug-likeness (QED) is 0.226. The maximum Gasteiger partial charge on any atom is 0.290 e. The van der Waals surface area contributed by atoms with Crippen molar-refractivity contribution >= 4 is 40.2 Å². The Bertz CT molecular complexity index is 1290. The highest BCUT2D eigenvalue weighted by atomic mass is 16.5. The maximum absolute atomic E-state index is 13.4. The fourth-order valence-electron chi connectivity index (χ4n) is 5.06. The molecule has 11 heteroatoms. The Hall–Kier alpha value is -3.83. The number of amides is 4. The van der Waals surface area contributed by atoms with Crippen molar-refractivity contribution in [3.63, 3.8) is 0 Å². The zero-order chi connectivity index (χ0) is 31.5. The molecule has 0 bridgehead atoms. The lowest BCUT2D eigenvalue weighted by Crippen LogP contribution is -2.58. The predicted molar refractivity (Wildman–Crippen MR) is 164 cm³/mol. The van der Waals surface area contributed by atoms with Gasteiger partial charge in [-0.2, -0.15) is 0 Å². The van der Waals surface area contributed by atoms with Gasteiger partial charge in [0.15, 0.2) is 0 Å². The normalized spacial score (nSPS) is 16.6. The number of carbonyl (C=O) groups is 5. The number of fused-ring (bicyclic) bond motifs is 1. The molecule has 0 aromatic heterocycles. The van der Waals surface area contributed by atoms with Crippen LogP contribution in [0.2, 0.25) is 0 Å². The van der Waals surface area contributed by atoms with Crippen LogP contribution < -0.4 is 21.7 Å². The molecule has 1 fully saturated rings. The minimum absolute atomic E-state index is 0.0758. The second-order valence-electron chi connectivity index (χ2n) is 11.7. The van der Waals surface area contributed by atoms with Crippen LogP contribution in [0.3, 0.4) is 0 Å². The summed E-state index contributed by atoms with van der Waals surface area (Å²) in [4.78, 5) is 67.0. The first kappa shape index (κ1) is 33.7. The minimum atomic E-state index is -1.16. The van der Waals surface area contributed by atoms with E-state index in [0.717, 1.165) is 16.3 Å². The van der Waals surface area contributed by atoms with Gasteiger partial charge >= 0.3 is 0 Å². The Morgan fingerprint density at radius 2 is 1.58 bits per heavy atom. The third-order valence-corrected chi connectivity index (χ3v) is 7.75. The first-order chi connectivity index (χ1) is 20.5. The van der Waals surface area contributed by atoms with Crippen LogP contribution in [0.25, 0.3) is 10.8 Å². The van der Waals surface area contributed by atoms with Crippen molar-refractivity contribution < 1.29 is 28.7 Å². The third-order valence-electron chi connectivity index (χ3n) is 7.75. The number of nitrogens with two attached hydrogens (primary N) is 1. The molecule has 4 unspecified atom stereocenters. The Morgan fingerprint density at radius 3 is 2.21 bits per heavy atom. The van der Waals surface area contributed by atoms with Crippen LogP contribution in [-0.2, 0) is 35.1 Å². The Morgan fingerprint density at radius 1 is 0.907 bits per heavy atom. The standard InChI is InChI=1S/C32H45N5O6/c1-5-21(4)28(36-31(41)26(16-20(2)3)34-27(38)19-37-12-14-43-15-13-37)29(39)32(42)35-25(30(33)40)18-22-10-11-23-8-6-7-9-24(23)17-22/h6-11,17,20-21,25-26,28H,5,12-16,18-19H2,1-4H3,(H2,33,40)(H,34,38)(H,35,42)(H,36,41). The van der Waals surface area contributed by atoms with Crippen LogP contribution in [-0.4, -0.2) is 85.3 Å². The van der Waals surface area contributed by atoms with E-state index in [1.807, 2.05) is 68.1 Å². The summed E-state index contributed by atoms with van der Waals surface area (Å²) in [7, 11) is 0. The summed E-state index contributed by atoms with van der Waals surface area (Å²) >= 11 is 0. The van der Waals surface area contributed by atoms with Crippen LogP contribution >= 0.6 is 0 Å². The number of nitrogens with zero attached hydrogens (tertiary/aromatic N) is 1. The van der Waals surface area contributed by atoms with E-state index in [4.69, 9.17) is 10.5 Å². The Labute approximate surface area is 253 Å². The lowest BCUT2D eigenvalue weighted by atomic mass is 9.93. The number of morpholine rings is 1. The fourth-order valence-corrected chi connectivity index (χ4v) is 5.06. The van der Waals surface area contributed by atoms with Gasteiger partial charge in [-0.15, -0.1) is 0 Å². The average Bonchev–Trinajstić information content (AvgIpc) is 2.98. The molecule has 1 aliphatic rings. The molecule has 0 spiro atoms. The van der Waals surface area contributed by atoms with Gasteiger partial charge in [0.25, 0.3) is 5.91 Å². The molecule has 11 nitrogen and oxygen atoms in total. The molecule has 2 aromatic rings. The number of primary amides is 1. The van der Waals surface area contributed by atoms with Crippen LogP contribution in [0.1, 0.15) is 46.1 Å². The first-order valence-corrected chi connectivity index (χ1v) is 15.0. The molecule has 0 radical (unpaired) electrons. The second kappa shape index (κ2) is 16.1. The lowest BCUT2D eigenvalue weighted by Gasteiger charge is -2.29. The van der Waals surface area contributed by atoms with Crippen molar-refractivity contribution in [3.8, 4) is 0 Å². The number of benzene rings is 2. The number of hydrogen-bond donors (Lipinski definition) is 4. The highest BCUT2D eigenvalue weighted by Gasteiger charge is 2.35. The molecule has 2 aromatic carbocycles. The molecule has 5 N–H and O–H groups in total. The average molecular weight is 596 g/mol. The van der Waals surface area contributed by atoms with Gasteiger partial charge in [-0.05, 0) is 34.6 Å². The Kier molecular flexibility index (Phi) is 12.6. The number of carbonyl (C=O) groups excluding carboxylic acids is 5. The number of Topliss-reactive ketones (excluding diaryl/α,β-unsaturated/α-hetero) is 1. The molecule has 4 amide bonds. The van der Waals surface area contributed by atoms with E-state index in [0.29, 0.717) is 39.1 Å². The number of hydrogen-bond acceptors (Lipinski definition) is 7. The summed E-state index contributed by atoms with van der Waals surface area (Å²) in [5, 5.41) is 10.0. The van der Waals surface area contributed by atoms with Crippen molar-refractivity contribution in [2.75, 3.05) is 32.8 Å². The lowest BCUT2D eigenvalue weighted by molar-refractivity contribution is -0.142. The van der Waals surface area contributed by atoms with Crippen molar-refractivity contribution in [2.45, 2.75) is 65.1 Å². The van der Waals surface area contributed by atoms with Crippen LogP contribution in [0.15, 0.2) is 42.5 Å². The molecule has 1 aliphatic heterocycles. The summed E-state index contributed by atoms with van der Waals surface area (Å²) in [6, 6.07) is 10.2. The fraction of sp³-hybridized carbons (Fsp3) is 0.531. The van der Waals surface area contributed by atoms with Gasteiger partial charge in [0.2, 0.25) is 23.5 Å². The van der Waals surface area contributed by atoms with Gasteiger partial charge in [0.1, 0.15) is 12.1 Å². The molecule has 43 heavy (non-hydrogen) atoms. The molecule has 1 heterocycles. The van der Waals surface area contributed by atoms with E-state index in [1.165, 1.54) is 0 Å². The zero-order valence-electron chi connectivity index (χ0n) is 25.6. The van der Waals surface area contributed by atoms with Crippen molar-refractivity contribution in [3.05, 3.63) is 48.0 Å². The van der Waals surface area contributed by atoms with Gasteiger partial charge in [-0.25, -0.2) is 0 Å². The van der Waals surface area contributed by atoms with E-state index >= 15 is 0 Å². The van der Waals surface area contributed by atoms with Gasteiger partial charge in [-0.3, -0.25) is 28.9 Å². The van der Waals surface area contributed by atoms with Crippen LogP contribution in [0.4, 0.5) is 0 Å². The first-order valence-electron chi connectivity index (χ1n) is 15.0. The van der Waals surface area contributed by atoms with Gasteiger partial charge < -0.3 is 26.4 Å². The van der Waals surface area contributed by atoms with Crippen molar-refractivity contribution in [1.82, 2.24) is 20.9 Å². The van der Waals surface area contributed by atoms with Crippen LogP contribution in [0, 0.1) is 11.8 Å². The maximum atomic E-state index is 13.4. The number of rotatable bonds is 15. The summed E-state index contributed by atoms with van der Waals surface area (Å²) in [6.07, 6.45) is 0.952. The third kappa shape index (κ3) is 10.1. The van der Waals surface area contributed by atoms with Crippen molar-refractivity contribution in [1.29, 1.82) is 0 Å². The highest BCUT2D eigenvalue weighted by Crippen LogP contribution is 2.17. The summed E-state index contributed by atoms with van der Waals surface area (Å²) in [5.41, 5.74) is 6.37. The largest absolute Gasteiger partial charge is 0.379 e. The SMILES string of the molecule is CCC(C)C(NC(=O)C(CC(C)C)NC(=O)CN1CCOCC1)C(=O)C(=O)NC(Cc1ccc2ccccc2c1)C(N)=O. The number of nitrogens with one attached hydrogen (secondary N) is 3. The van der Waals surface area contributed by atoms with Crippen LogP contribution in [0.5, 0.6) is 0 Å². The van der Waals surface area contributed by atoms with E-state index < -0.39 is 47.5 Å². The number of ketones is 1. The Balaban J connectivity index is 1.69. The summed E-state index contributed by atoms with van der Waals surface area (Å²) in [6.45, 7) is 9.93. The van der Waals surface area contributed by atoms with Crippen molar-refractivity contribution in [2.24, 2.45) is 17.6 Å². The summed E-state index contributed by atoms with van der Waals surface area (Å²) in [5.74, 6) is -3.82. The minimum Gasteiger partial charge on any atom is -0.379 e. The van der Waals surface area contributed by atoms with E-state index in [9.17, 15) is 24.0 Å². The highest BCUT2D eigenvalue weighted by molar-refractivity contribution is 6.39. The molecule has 0 saturated carbocycles. The topological polar surface area (TPSA) is 160 Å². The molecular weight excluding hydrogens is 550 g/mol. The predicted octanol–water partition coefficient (Wildman–Crippen LogP) is 1.32. The molecule has 3 rings (SSSR count). The zero-order valence-corrected chi connectivity index (χ0v) is 25.6. The summed E-state index contributed by atoms with van der Waals surface area (Å²) < 4.78 is 5.33. The molecular formula is C32H45N5O6. The molecule has 0 aliphatic carbocycles. The molecule has 1 saturated heterocycles. The molecule has 234 valence electrons. The second-order valence-corrected chi connectivity index (χ2v) is 11.7. The number of ether oxygens (including phenoxy) is 1.